The molecular weight excluding hydrogens is 856 g/mol. The van der Waals surface area contributed by atoms with Gasteiger partial charge in [0.15, 0.2) is 34.5 Å². The molecule has 11 heteroatoms. The van der Waals surface area contributed by atoms with E-state index in [0.717, 1.165) is 34.5 Å². The number of benzene rings is 6. The van der Waals surface area contributed by atoms with Crippen LogP contribution in [0.1, 0.15) is 0 Å². The van der Waals surface area contributed by atoms with Crippen molar-refractivity contribution < 1.29 is 43.6 Å². The maximum atomic E-state index is 5.88. The molecular formula is C36H32Cl2O6P2Pt+2. The molecule has 47 heavy (non-hydrogen) atoms. The van der Waals surface area contributed by atoms with Crippen LogP contribution in [0.4, 0.5) is 0 Å². The molecule has 6 aromatic carbocycles. The van der Waals surface area contributed by atoms with Gasteiger partial charge in [-0.2, -0.15) is 0 Å². The first-order chi connectivity index (χ1) is 23.2. The molecule has 6 aromatic rings. The molecule has 0 unspecified atom stereocenters. The van der Waals surface area contributed by atoms with Gasteiger partial charge in [0.1, 0.15) is 0 Å². The molecule has 0 saturated heterocycles. The molecule has 6 rings (SSSR count). The zero-order valence-electron chi connectivity index (χ0n) is 24.8. The van der Waals surface area contributed by atoms with Crippen LogP contribution in [0.15, 0.2) is 182 Å². The van der Waals surface area contributed by atoms with E-state index < -0.39 is 33.7 Å². The standard InChI is InChI=1S/2C18H16O3P.2ClH.Pt/c2*1-4-10-16(11-5-1)19-22(20-17-12-6-2-7-13-17)21-18-14-8-3-9-15-18;;;/h2*1-15,22H;2*1H;/q2*+1;;;+2/p-2. The van der Waals surface area contributed by atoms with Gasteiger partial charge in [-0.15, -0.1) is 0 Å². The summed E-state index contributed by atoms with van der Waals surface area (Å²) < 4.78 is 35.3. The fourth-order valence-electron chi connectivity index (χ4n) is 3.63. The molecule has 0 bridgehead atoms. The fourth-order valence-corrected chi connectivity index (χ4v) is 5.85. The first-order valence-electron chi connectivity index (χ1n) is 14.2. The van der Waals surface area contributed by atoms with E-state index in [0.29, 0.717) is 0 Å². The summed E-state index contributed by atoms with van der Waals surface area (Å²) in [7, 11) is 5.75. The molecule has 0 amide bonds. The second-order valence-electron chi connectivity index (χ2n) is 9.04. The summed E-state index contributed by atoms with van der Waals surface area (Å²) in [6.07, 6.45) is 0. The van der Waals surface area contributed by atoms with E-state index in [1.165, 1.54) is 0 Å². The van der Waals surface area contributed by atoms with Crippen LogP contribution in [0, 0.1) is 0 Å². The molecule has 0 radical (unpaired) electrons. The Morgan fingerprint density at radius 1 is 0.277 bits per heavy atom. The van der Waals surface area contributed by atoms with Gasteiger partial charge in [0, 0.05) is 0 Å². The van der Waals surface area contributed by atoms with Crippen molar-refractivity contribution in [2.45, 2.75) is 0 Å². The Balaban J connectivity index is 0.000000197. The number of halogens is 2. The van der Waals surface area contributed by atoms with E-state index in [2.05, 4.69) is 0 Å². The van der Waals surface area contributed by atoms with Crippen molar-refractivity contribution in [3.8, 4) is 34.5 Å². The van der Waals surface area contributed by atoms with E-state index >= 15 is 0 Å². The molecule has 0 aromatic heterocycles. The van der Waals surface area contributed by atoms with Crippen molar-refractivity contribution in [2.24, 2.45) is 0 Å². The normalized spacial score (nSPS) is 10.0. The molecule has 0 aliphatic heterocycles. The zero-order valence-corrected chi connectivity index (χ0v) is 30.6. The third kappa shape index (κ3) is 14.7. The maximum Gasteiger partial charge on any atom is 0.528 e. The van der Waals surface area contributed by atoms with Gasteiger partial charge < -0.3 is 0 Å². The summed E-state index contributed by atoms with van der Waals surface area (Å²) in [6.45, 7) is 0. The first-order valence-corrected chi connectivity index (χ1v) is 22.2. The van der Waals surface area contributed by atoms with E-state index in [1.54, 1.807) is 0 Å². The van der Waals surface area contributed by atoms with Gasteiger partial charge in [-0.3, -0.25) is 27.1 Å². The molecule has 0 aliphatic rings. The summed E-state index contributed by atoms with van der Waals surface area (Å²) in [6, 6.07) is 57.2. The summed E-state index contributed by atoms with van der Waals surface area (Å²) in [5, 5.41) is 0. The topological polar surface area (TPSA) is 55.4 Å². The molecule has 0 N–H and O–H groups in total. The van der Waals surface area contributed by atoms with Crippen LogP contribution in [0.5, 0.6) is 34.5 Å². The van der Waals surface area contributed by atoms with E-state index in [9.17, 15) is 0 Å². The van der Waals surface area contributed by atoms with Crippen LogP contribution in [0.25, 0.3) is 0 Å². The van der Waals surface area contributed by atoms with Crippen molar-refractivity contribution in [3.05, 3.63) is 182 Å². The van der Waals surface area contributed by atoms with Gasteiger partial charge in [0.2, 0.25) is 0 Å². The monoisotopic (exact) mass is 887 g/mol. The van der Waals surface area contributed by atoms with Gasteiger partial charge >= 0.3 is 52.5 Å². The molecule has 0 saturated carbocycles. The second-order valence-corrected chi connectivity index (χ2v) is 14.5. The van der Waals surface area contributed by atoms with E-state index in [4.69, 9.17) is 46.0 Å². The van der Waals surface area contributed by atoms with Crippen molar-refractivity contribution in [1.29, 1.82) is 0 Å². The largest absolute Gasteiger partial charge is 0.528 e. The van der Waals surface area contributed by atoms with Crippen molar-refractivity contribution >= 4 is 36.0 Å². The van der Waals surface area contributed by atoms with Crippen LogP contribution in [-0.4, -0.2) is 0 Å². The average Bonchev–Trinajstić information content (AvgIpc) is 3.12. The van der Waals surface area contributed by atoms with Crippen LogP contribution < -0.4 is 27.1 Å². The van der Waals surface area contributed by atoms with Gasteiger partial charge in [-0.25, -0.2) is 0 Å². The zero-order chi connectivity index (χ0) is 32.8. The predicted molar refractivity (Wildman–Crippen MR) is 191 cm³/mol. The van der Waals surface area contributed by atoms with Crippen LogP contribution in [0.3, 0.4) is 0 Å². The van der Waals surface area contributed by atoms with E-state index in [-0.39, 0.29) is 0 Å². The minimum atomic E-state index is -2.00. The van der Waals surface area contributed by atoms with Gasteiger partial charge in [-0.1, -0.05) is 109 Å². The fraction of sp³-hybridized carbons (Fsp3) is 0. The predicted octanol–water partition coefficient (Wildman–Crippen LogP) is 11.7. The Labute approximate surface area is 294 Å². The number of hydrogen-bond donors (Lipinski definition) is 0. The molecule has 0 atom stereocenters. The van der Waals surface area contributed by atoms with Crippen LogP contribution in [-0.2, 0) is 16.5 Å². The molecule has 0 fully saturated rings. The Morgan fingerprint density at radius 2 is 0.404 bits per heavy atom. The number of rotatable bonds is 12. The quantitative estimate of drug-likeness (QED) is 0.114. The van der Waals surface area contributed by atoms with Crippen LogP contribution in [0.2, 0.25) is 0 Å². The molecule has 6 nitrogen and oxygen atoms in total. The molecule has 244 valence electrons. The van der Waals surface area contributed by atoms with Crippen molar-refractivity contribution in [2.75, 3.05) is 0 Å². The maximum absolute atomic E-state index is 5.88. The molecule has 0 heterocycles. The second kappa shape index (κ2) is 21.9. The van der Waals surface area contributed by atoms with Gasteiger partial charge in [0.25, 0.3) is 0 Å². The smallest absolute Gasteiger partial charge is 0.273 e. The Kier molecular flexibility index (Phi) is 16.8. The Hall–Kier alpha value is -3.75. The summed E-state index contributed by atoms with van der Waals surface area (Å²) >= 11 is -0.472. The van der Waals surface area contributed by atoms with Gasteiger partial charge in [0.05, 0.1) is 0 Å². The summed E-state index contributed by atoms with van der Waals surface area (Å²) in [5.74, 6) is 4.35. The average molecular weight is 889 g/mol. The van der Waals surface area contributed by atoms with Gasteiger partial charge in [-0.05, 0) is 72.8 Å². The number of para-hydroxylation sites is 6. The summed E-state index contributed by atoms with van der Waals surface area (Å²) in [5.41, 5.74) is 0. The van der Waals surface area contributed by atoms with Crippen molar-refractivity contribution in [1.82, 2.24) is 0 Å². The third-order valence-corrected chi connectivity index (χ3v) is 8.08. The van der Waals surface area contributed by atoms with Crippen molar-refractivity contribution in [3.63, 3.8) is 0 Å². The SMILES string of the molecule is [Cl][Pt][Cl].c1ccc(O[PH+](Oc2ccccc2)Oc2ccccc2)cc1.c1ccc(O[PH+](Oc2ccccc2)Oc2ccccc2)cc1. The number of hydrogen-bond acceptors (Lipinski definition) is 6. The molecule has 0 spiro atoms. The molecule has 0 aliphatic carbocycles. The Morgan fingerprint density at radius 3 is 0.532 bits per heavy atom. The summed E-state index contributed by atoms with van der Waals surface area (Å²) in [4.78, 5) is 0. The minimum absolute atomic E-state index is 0.472. The van der Waals surface area contributed by atoms with E-state index in [1.807, 2.05) is 182 Å². The Bertz CT molecular complexity index is 1310. The van der Waals surface area contributed by atoms with Crippen LogP contribution >= 0.6 is 36.0 Å². The third-order valence-electron chi connectivity index (χ3n) is 5.67. The first kappa shape index (κ1) is 36.1. The minimum Gasteiger partial charge on any atom is -0.273 e.